The first kappa shape index (κ1) is 16.4. The Balaban J connectivity index is 1.73. The van der Waals surface area contributed by atoms with Crippen LogP contribution in [0, 0.1) is 0 Å². The lowest BCUT2D eigenvalue weighted by molar-refractivity contribution is 0.0500. The lowest BCUT2D eigenvalue weighted by Crippen LogP contribution is -2.49. The topological polar surface area (TPSA) is 103 Å². The number of hydrogen-bond acceptors (Lipinski definition) is 5. The van der Waals surface area contributed by atoms with Crippen LogP contribution >= 0.6 is 0 Å². The molecule has 0 aromatic carbocycles. The number of nitrogens with zero attached hydrogens (tertiary/aromatic N) is 2. The molecule has 8 nitrogen and oxygen atoms in total. The second-order valence-corrected chi connectivity index (χ2v) is 7.06. The molecule has 24 heavy (non-hydrogen) atoms. The van der Waals surface area contributed by atoms with Crippen LogP contribution in [0.15, 0.2) is 17.1 Å². The Morgan fingerprint density at radius 1 is 1.42 bits per heavy atom. The maximum absolute atomic E-state index is 12.0. The van der Waals surface area contributed by atoms with Crippen molar-refractivity contribution < 1.29 is 9.53 Å². The molecule has 1 saturated heterocycles. The van der Waals surface area contributed by atoms with Gasteiger partial charge in [-0.25, -0.2) is 14.6 Å². The fourth-order valence-electron chi connectivity index (χ4n) is 2.97. The fourth-order valence-corrected chi connectivity index (χ4v) is 2.97. The van der Waals surface area contributed by atoms with E-state index in [1.165, 1.54) is 0 Å². The summed E-state index contributed by atoms with van der Waals surface area (Å²) in [6.45, 7) is 7.05. The zero-order valence-electron chi connectivity index (χ0n) is 14.2. The van der Waals surface area contributed by atoms with Gasteiger partial charge in [0, 0.05) is 25.3 Å². The molecule has 0 radical (unpaired) electrons. The van der Waals surface area contributed by atoms with E-state index < -0.39 is 11.7 Å². The average molecular weight is 333 g/mol. The maximum Gasteiger partial charge on any atom is 0.407 e. The van der Waals surface area contributed by atoms with Crippen LogP contribution in [0.5, 0.6) is 0 Å². The number of hydrogen-bond donors (Lipinski definition) is 3. The third-order valence-corrected chi connectivity index (χ3v) is 3.88. The van der Waals surface area contributed by atoms with E-state index in [9.17, 15) is 9.59 Å². The summed E-state index contributed by atoms with van der Waals surface area (Å²) in [6.07, 6.45) is 3.11. The van der Waals surface area contributed by atoms with Crippen LogP contribution in [-0.2, 0) is 4.74 Å². The minimum atomic E-state index is -0.514. The van der Waals surface area contributed by atoms with Crippen molar-refractivity contribution in [1.82, 2.24) is 20.3 Å². The fraction of sp³-hybridized carbons (Fsp3) is 0.562. The number of aromatic amines is 2. The van der Waals surface area contributed by atoms with Crippen molar-refractivity contribution in [1.29, 1.82) is 0 Å². The second-order valence-electron chi connectivity index (χ2n) is 7.06. The molecule has 1 fully saturated rings. The van der Waals surface area contributed by atoms with Crippen molar-refractivity contribution in [2.75, 3.05) is 18.0 Å². The van der Waals surface area contributed by atoms with E-state index in [0.29, 0.717) is 17.7 Å². The summed E-state index contributed by atoms with van der Waals surface area (Å²) in [4.78, 5) is 35.3. The molecule has 2 aromatic rings. The van der Waals surface area contributed by atoms with E-state index in [1.54, 1.807) is 6.20 Å². The molecule has 130 valence electrons. The lowest BCUT2D eigenvalue weighted by atomic mass is 10.1. The number of fused-ring (bicyclic) bond motifs is 1. The second kappa shape index (κ2) is 6.18. The van der Waals surface area contributed by atoms with Gasteiger partial charge in [-0.2, -0.15) is 0 Å². The zero-order chi connectivity index (χ0) is 17.3. The average Bonchev–Trinajstić information content (AvgIpc) is 2.85. The Bertz CT molecular complexity index is 789. The molecule has 2 aromatic heterocycles. The summed E-state index contributed by atoms with van der Waals surface area (Å²) < 4.78 is 5.32. The van der Waals surface area contributed by atoms with Gasteiger partial charge in [0.25, 0.3) is 0 Å². The summed E-state index contributed by atoms with van der Waals surface area (Å²) in [7, 11) is 0. The van der Waals surface area contributed by atoms with Crippen molar-refractivity contribution in [2.24, 2.45) is 0 Å². The number of amides is 1. The molecule has 0 aliphatic carbocycles. The van der Waals surface area contributed by atoms with Crippen LogP contribution in [0.3, 0.4) is 0 Å². The van der Waals surface area contributed by atoms with Gasteiger partial charge in [-0.1, -0.05) is 0 Å². The van der Waals surface area contributed by atoms with Crippen molar-refractivity contribution >= 4 is 22.9 Å². The summed E-state index contributed by atoms with van der Waals surface area (Å²) in [5, 5.41) is 2.93. The third kappa shape index (κ3) is 3.69. The van der Waals surface area contributed by atoms with Gasteiger partial charge >= 0.3 is 11.8 Å². The van der Waals surface area contributed by atoms with Gasteiger partial charge in [0.1, 0.15) is 11.1 Å². The van der Waals surface area contributed by atoms with Gasteiger partial charge in [-0.05, 0) is 39.7 Å². The predicted octanol–water partition coefficient (Wildman–Crippen LogP) is 1.74. The van der Waals surface area contributed by atoms with Crippen molar-refractivity contribution in [3.63, 3.8) is 0 Å². The van der Waals surface area contributed by atoms with Crippen LogP contribution in [0.4, 0.5) is 10.5 Å². The summed E-state index contributed by atoms with van der Waals surface area (Å²) in [5.74, 6) is 0. The highest BCUT2D eigenvalue weighted by Crippen LogP contribution is 2.25. The summed E-state index contributed by atoms with van der Waals surface area (Å²) in [6, 6.07) is 1.88. The molecule has 0 spiro atoms. The van der Waals surface area contributed by atoms with Crippen molar-refractivity contribution in [3.8, 4) is 0 Å². The molecule has 1 unspecified atom stereocenters. The number of anilines is 1. The van der Waals surface area contributed by atoms with Crippen molar-refractivity contribution in [3.05, 3.63) is 22.7 Å². The van der Waals surface area contributed by atoms with E-state index >= 15 is 0 Å². The number of rotatable bonds is 2. The van der Waals surface area contributed by atoms with Crippen LogP contribution < -0.4 is 15.9 Å². The van der Waals surface area contributed by atoms with Crippen LogP contribution in [-0.4, -0.2) is 45.8 Å². The standard InChI is InChI=1S/C16H23N5O3/c1-16(2,3)24-15(23)18-10-5-4-8-21(9-10)11-6-7-17-13-12(11)19-14(22)20-13/h6-7,10H,4-5,8-9H2,1-3H3,(H,18,23)(H2,17,19,20,22). The van der Waals surface area contributed by atoms with Gasteiger partial charge < -0.3 is 19.9 Å². The molecular weight excluding hydrogens is 310 g/mol. The summed E-state index contributed by atoms with van der Waals surface area (Å²) in [5.41, 5.74) is 1.36. The van der Waals surface area contributed by atoms with Gasteiger partial charge in [0.2, 0.25) is 0 Å². The Morgan fingerprint density at radius 2 is 2.21 bits per heavy atom. The molecule has 3 N–H and O–H groups in total. The number of imidazole rings is 1. The zero-order valence-corrected chi connectivity index (χ0v) is 14.2. The molecule has 1 atom stereocenters. The monoisotopic (exact) mass is 333 g/mol. The number of H-pyrrole nitrogens is 2. The lowest BCUT2D eigenvalue weighted by Gasteiger charge is -2.35. The Labute approximate surface area is 139 Å². The largest absolute Gasteiger partial charge is 0.444 e. The molecule has 3 heterocycles. The minimum absolute atomic E-state index is 0.00230. The molecule has 1 amide bonds. The highest BCUT2D eigenvalue weighted by molar-refractivity contribution is 5.85. The van der Waals surface area contributed by atoms with Gasteiger partial charge in [-0.3, -0.25) is 4.98 Å². The predicted molar refractivity (Wildman–Crippen MR) is 91.3 cm³/mol. The van der Waals surface area contributed by atoms with Gasteiger partial charge in [-0.15, -0.1) is 0 Å². The number of alkyl carbamates (subject to hydrolysis) is 1. The first-order valence-corrected chi connectivity index (χ1v) is 8.13. The van der Waals surface area contributed by atoms with Crippen molar-refractivity contribution in [2.45, 2.75) is 45.3 Å². The van der Waals surface area contributed by atoms with E-state index in [0.717, 1.165) is 25.1 Å². The van der Waals surface area contributed by atoms with Gasteiger partial charge in [0.15, 0.2) is 5.65 Å². The number of carbonyl (C=O) groups excluding carboxylic acids is 1. The molecule has 8 heteroatoms. The highest BCUT2D eigenvalue weighted by atomic mass is 16.6. The molecule has 0 bridgehead atoms. The summed E-state index contributed by atoms with van der Waals surface area (Å²) >= 11 is 0. The Kier molecular flexibility index (Phi) is 4.21. The SMILES string of the molecule is CC(C)(C)OC(=O)NC1CCCN(c2ccnc3[nH]c(=O)[nH]c23)C1. The van der Waals surface area contributed by atoms with E-state index in [4.69, 9.17) is 4.74 Å². The molecule has 0 saturated carbocycles. The number of pyridine rings is 1. The number of carbonyl (C=O) groups is 1. The van der Waals surface area contributed by atoms with Crippen LogP contribution in [0.2, 0.25) is 0 Å². The highest BCUT2D eigenvalue weighted by Gasteiger charge is 2.25. The quantitative estimate of drug-likeness (QED) is 0.777. The van der Waals surface area contributed by atoms with Crippen LogP contribution in [0.1, 0.15) is 33.6 Å². The number of aromatic nitrogens is 3. The normalized spacial score (nSPS) is 18.6. The maximum atomic E-state index is 12.0. The number of nitrogens with one attached hydrogen (secondary N) is 3. The smallest absolute Gasteiger partial charge is 0.407 e. The molecular formula is C16H23N5O3. The molecule has 3 rings (SSSR count). The van der Waals surface area contributed by atoms with E-state index in [-0.39, 0.29) is 11.7 Å². The molecule has 1 aliphatic rings. The van der Waals surface area contributed by atoms with Gasteiger partial charge in [0.05, 0.1) is 5.69 Å². The first-order chi connectivity index (χ1) is 11.3. The number of piperidine rings is 1. The van der Waals surface area contributed by atoms with Crippen LogP contribution in [0.25, 0.3) is 11.2 Å². The Hall–Kier alpha value is -2.51. The van der Waals surface area contributed by atoms with E-state index in [1.807, 2.05) is 26.8 Å². The Morgan fingerprint density at radius 3 is 2.96 bits per heavy atom. The van der Waals surface area contributed by atoms with E-state index in [2.05, 4.69) is 25.2 Å². The first-order valence-electron chi connectivity index (χ1n) is 8.13. The minimum Gasteiger partial charge on any atom is -0.444 e. The third-order valence-electron chi connectivity index (χ3n) is 3.88. The molecule has 1 aliphatic heterocycles. The number of ether oxygens (including phenoxy) is 1.